The summed E-state index contributed by atoms with van der Waals surface area (Å²) in [5.41, 5.74) is 34.9. The average molecular weight is 1050 g/mol. The van der Waals surface area contributed by atoms with E-state index in [1.54, 1.807) is 0 Å². The molecule has 0 heterocycles. The van der Waals surface area contributed by atoms with Crippen LogP contribution in [0, 0.1) is 0 Å². The van der Waals surface area contributed by atoms with E-state index < -0.39 is 5.41 Å². The van der Waals surface area contributed by atoms with E-state index in [9.17, 15) is 0 Å². The molecule has 0 N–H and O–H groups in total. The van der Waals surface area contributed by atoms with Crippen LogP contribution in [-0.2, 0) is 33.5 Å². The largest absolute Gasteiger partial charge is 0.310 e. The third-order valence-electron chi connectivity index (χ3n) is 20.0. The van der Waals surface area contributed by atoms with E-state index in [4.69, 9.17) is 0 Å². The molecule has 5 aliphatic rings. The summed E-state index contributed by atoms with van der Waals surface area (Å²) in [6, 6.07) is 91.8. The maximum absolute atomic E-state index is 2.61. The van der Waals surface area contributed by atoms with Crippen molar-refractivity contribution >= 4 is 17.1 Å². The van der Waals surface area contributed by atoms with Crippen LogP contribution in [0.15, 0.2) is 237 Å². The summed E-state index contributed by atoms with van der Waals surface area (Å²) in [5, 5.41) is 0. The monoisotopic (exact) mass is 1050 g/mol. The number of anilines is 3. The molecule has 16 rings (SSSR count). The lowest BCUT2D eigenvalue weighted by Crippen LogP contribution is -2.26. The minimum atomic E-state index is -0.524. The summed E-state index contributed by atoms with van der Waals surface area (Å²) < 4.78 is 0. The van der Waals surface area contributed by atoms with Gasteiger partial charge in [-0.2, -0.15) is 0 Å². The third-order valence-corrected chi connectivity index (χ3v) is 20.0. The second kappa shape index (κ2) is 17.1. The highest BCUT2D eigenvalue weighted by Crippen LogP contribution is 2.66. The van der Waals surface area contributed by atoms with Crippen molar-refractivity contribution in [3.05, 3.63) is 303 Å². The molecule has 0 saturated heterocycles. The van der Waals surface area contributed by atoms with Gasteiger partial charge >= 0.3 is 0 Å². The minimum absolute atomic E-state index is 0.00909. The molecule has 1 atom stereocenters. The summed E-state index contributed by atoms with van der Waals surface area (Å²) in [4.78, 5) is 2.61. The van der Waals surface area contributed by atoms with Crippen LogP contribution < -0.4 is 4.90 Å². The molecule has 0 bridgehead atoms. The zero-order valence-corrected chi connectivity index (χ0v) is 48.4. The van der Waals surface area contributed by atoms with Crippen LogP contribution in [0.2, 0.25) is 0 Å². The van der Waals surface area contributed by atoms with E-state index in [1.807, 2.05) is 0 Å². The lowest BCUT2D eigenvalue weighted by Gasteiger charge is -2.33. The fourth-order valence-corrected chi connectivity index (χ4v) is 16.3. The van der Waals surface area contributed by atoms with Gasteiger partial charge in [0.25, 0.3) is 0 Å². The van der Waals surface area contributed by atoms with E-state index >= 15 is 0 Å². The van der Waals surface area contributed by atoms with Crippen LogP contribution in [-0.4, -0.2) is 0 Å². The number of hydrogen-bond acceptors (Lipinski definition) is 1. The topological polar surface area (TPSA) is 3.24 Å². The van der Waals surface area contributed by atoms with E-state index in [0.29, 0.717) is 0 Å². The SMILES string of the molecule is CC(C)(C)c1ccc2c(c1)-c1cc(C(C)(C)C)ccc1C21c2ccccc2-c2c(N(c3ccc(-c4ccccc4-c4cccc5c4C(C)(C)c4ccccc4-5)cc3)c3ccc4c(c3)C3(CCc5ccccc53)c3ccccc3-4)cccc21. The Kier molecular flexibility index (Phi) is 10.3. The van der Waals surface area contributed by atoms with Crippen molar-refractivity contribution in [2.75, 3.05) is 4.90 Å². The van der Waals surface area contributed by atoms with Gasteiger partial charge in [0.05, 0.1) is 11.1 Å². The molecular formula is C81H67N. The first kappa shape index (κ1) is 49.1. The van der Waals surface area contributed by atoms with Gasteiger partial charge < -0.3 is 4.90 Å². The molecule has 1 unspecified atom stereocenters. The molecule has 11 aromatic rings. The van der Waals surface area contributed by atoms with Crippen LogP contribution in [0.25, 0.3) is 66.8 Å². The lowest BCUT2D eigenvalue weighted by atomic mass is 9.70. The first-order valence-corrected chi connectivity index (χ1v) is 29.8. The van der Waals surface area contributed by atoms with Crippen molar-refractivity contribution in [2.45, 2.75) is 95.3 Å². The third kappa shape index (κ3) is 6.57. The highest BCUT2D eigenvalue weighted by molar-refractivity contribution is 6.02. The van der Waals surface area contributed by atoms with Crippen LogP contribution >= 0.6 is 0 Å². The molecule has 11 aromatic carbocycles. The molecule has 0 aromatic heterocycles. The highest BCUT2D eigenvalue weighted by atomic mass is 15.1. The quantitative estimate of drug-likeness (QED) is 0.166. The van der Waals surface area contributed by atoms with Gasteiger partial charge in [0.2, 0.25) is 0 Å². The number of aryl methyl sites for hydroxylation is 1. The molecule has 0 amide bonds. The van der Waals surface area contributed by atoms with Crippen LogP contribution in [0.5, 0.6) is 0 Å². The van der Waals surface area contributed by atoms with E-state index in [0.717, 1.165) is 24.2 Å². The van der Waals surface area contributed by atoms with Crippen molar-refractivity contribution in [1.29, 1.82) is 0 Å². The smallest absolute Gasteiger partial charge is 0.0726 e. The van der Waals surface area contributed by atoms with Crippen molar-refractivity contribution in [3.63, 3.8) is 0 Å². The molecule has 5 aliphatic carbocycles. The molecule has 0 aliphatic heterocycles. The second-order valence-corrected chi connectivity index (χ2v) is 26.7. The van der Waals surface area contributed by atoms with Crippen molar-refractivity contribution < 1.29 is 0 Å². The average Bonchev–Trinajstić information content (AvgIpc) is 4.24. The summed E-state index contributed by atoms with van der Waals surface area (Å²) in [7, 11) is 0. The molecule has 1 heteroatoms. The molecule has 1 nitrogen and oxygen atoms in total. The van der Waals surface area contributed by atoms with Crippen molar-refractivity contribution in [1.82, 2.24) is 0 Å². The fraction of sp³-hybridized carbons (Fsp3) is 0.185. The summed E-state index contributed by atoms with van der Waals surface area (Å²) in [5.74, 6) is 0. The Morgan fingerprint density at radius 2 is 0.829 bits per heavy atom. The van der Waals surface area contributed by atoms with E-state index in [-0.39, 0.29) is 21.7 Å². The number of rotatable bonds is 5. The maximum atomic E-state index is 2.61. The van der Waals surface area contributed by atoms with Gasteiger partial charge in [-0.3, -0.25) is 0 Å². The summed E-state index contributed by atoms with van der Waals surface area (Å²) in [6.07, 6.45) is 2.10. The van der Waals surface area contributed by atoms with Gasteiger partial charge in [-0.1, -0.05) is 262 Å². The summed E-state index contributed by atoms with van der Waals surface area (Å²) >= 11 is 0. The Bertz CT molecular complexity index is 4450. The zero-order valence-electron chi connectivity index (χ0n) is 48.4. The number of nitrogens with zero attached hydrogens (tertiary/aromatic N) is 1. The van der Waals surface area contributed by atoms with Crippen LogP contribution in [0.1, 0.15) is 129 Å². The van der Waals surface area contributed by atoms with E-state index in [2.05, 4.69) is 297 Å². The molecule has 2 spiro atoms. The van der Waals surface area contributed by atoms with Gasteiger partial charge in [-0.25, -0.2) is 0 Å². The maximum Gasteiger partial charge on any atom is 0.0726 e. The van der Waals surface area contributed by atoms with Crippen LogP contribution in [0.4, 0.5) is 17.1 Å². The predicted octanol–water partition coefficient (Wildman–Crippen LogP) is 21.0. The Morgan fingerprint density at radius 3 is 1.50 bits per heavy atom. The first-order valence-electron chi connectivity index (χ1n) is 29.8. The number of hydrogen-bond donors (Lipinski definition) is 0. The van der Waals surface area contributed by atoms with Gasteiger partial charge in [0.1, 0.15) is 0 Å². The Morgan fingerprint density at radius 1 is 0.341 bits per heavy atom. The normalized spacial score (nSPS) is 16.7. The molecule has 0 saturated carbocycles. The molecular weight excluding hydrogens is 987 g/mol. The van der Waals surface area contributed by atoms with Crippen LogP contribution in [0.3, 0.4) is 0 Å². The van der Waals surface area contributed by atoms with Crippen molar-refractivity contribution in [2.24, 2.45) is 0 Å². The van der Waals surface area contributed by atoms with Gasteiger partial charge in [0, 0.05) is 27.8 Å². The van der Waals surface area contributed by atoms with Crippen molar-refractivity contribution in [3.8, 4) is 66.8 Å². The molecule has 0 fully saturated rings. The van der Waals surface area contributed by atoms with Gasteiger partial charge in [-0.05, 0) is 182 Å². The standard InChI is InChI=1S/C81H67N/c1-77(2,3)52-37-43-70-64(47-52)65-48-53(78(4,5)6)38-44-71(65)81(70)69-32-18-14-26-63(69)75-72(81)33-20-34-74(75)82(55-41-42-60-58-24-13-17-31-68(58)80(73(60)49-55)46-45-51-21-9-15-29-66(51)80)54-39-35-50(36-40-54)56-22-10-11-23-57(56)61-27-19-28-62-59-25-12-16-30-67(59)79(7,8)76(61)62/h9-44,47-49H,45-46H2,1-8H3. The molecule has 82 heavy (non-hydrogen) atoms. The Hall–Kier alpha value is -8.78. The van der Waals surface area contributed by atoms with Gasteiger partial charge in [-0.15, -0.1) is 0 Å². The predicted molar refractivity (Wildman–Crippen MR) is 343 cm³/mol. The highest BCUT2D eigenvalue weighted by Gasteiger charge is 2.54. The lowest BCUT2D eigenvalue weighted by molar-refractivity contribution is 0.589. The Balaban J connectivity index is 0.925. The Labute approximate surface area is 484 Å². The zero-order chi connectivity index (χ0) is 55.7. The number of fused-ring (bicyclic) bond motifs is 20. The number of benzene rings is 11. The minimum Gasteiger partial charge on any atom is -0.310 e. The fourth-order valence-electron chi connectivity index (χ4n) is 16.3. The summed E-state index contributed by atoms with van der Waals surface area (Å²) in [6.45, 7) is 18.9. The van der Waals surface area contributed by atoms with Gasteiger partial charge in [0.15, 0.2) is 0 Å². The molecule has 396 valence electrons. The second-order valence-electron chi connectivity index (χ2n) is 26.7. The van der Waals surface area contributed by atoms with E-state index in [1.165, 1.54) is 139 Å². The molecule has 0 radical (unpaired) electrons. The first-order chi connectivity index (χ1) is 39.7.